The third kappa shape index (κ3) is 6.04. The summed E-state index contributed by atoms with van der Waals surface area (Å²) >= 11 is 1.58. The third-order valence-corrected chi connectivity index (χ3v) is 5.66. The van der Waals surface area contributed by atoms with E-state index in [9.17, 15) is 0 Å². The molecule has 3 heterocycles. The van der Waals surface area contributed by atoms with Crippen molar-refractivity contribution in [3.05, 3.63) is 24.0 Å². The molecule has 0 bridgehead atoms. The van der Waals surface area contributed by atoms with Crippen molar-refractivity contribution in [1.29, 1.82) is 0 Å². The van der Waals surface area contributed by atoms with Crippen LogP contribution in [0.2, 0.25) is 0 Å². The first-order valence-electron chi connectivity index (χ1n) is 11.3. The molecule has 0 radical (unpaired) electrons. The van der Waals surface area contributed by atoms with E-state index >= 15 is 0 Å². The summed E-state index contributed by atoms with van der Waals surface area (Å²) in [5, 5.41) is 4.29. The predicted molar refractivity (Wildman–Crippen MR) is 132 cm³/mol. The minimum atomic E-state index is 0.260. The van der Waals surface area contributed by atoms with E-state index in [1.807, 2.05) is 39.8 Å². The monoisotopic (exact) mass is 460 g/mol. The van der Waals surface area contributed by atoms with Gasteiger partial charge in [0.05, 0.1) is 0 Å². The zero-order chi connectivity index (χ0) is 23.7. The number of fused-ring (bicyclic) bond motifs is 2. The van der Waals surface area contributed by atoms with Gasteiger partial charge in [-0.25, -0.2) is 15.0 Å². The molecular weight excluding hydrogens is 424 g/mol. The lowest BCUT2D eigenvalue weighted by molar-refractivity contribution is 0.174. The molecule has 0 saturated heterocycles. The number of nitrogens with two attached hydrogens (primary N) is 1. The Labute approximate surface area is 195 Å². The molecule has 0 spiro atoms. The van der Waals surface area contributed by atoms with Gasteiger partial charge in [-0.2, -0.15) is 0 Å². The second kappa shape index (κ2) is 12.5. The molecule has 0 aliphatic carbocycles. The molecule has 1 aliphatic rings. The van der Waals surface area contributed by atoms with Crippen molar-refractivity contribution in [3.63, 3.8) is 0 Å². The highest BCUT2D eigenvalue weighted by atomic mass is 32.2. The van der Waals surface area contributed by atoms with Gasteiger partial charge in [-0.15, -0.1) is 0 Å². The van der Waals surface area contributed by atoms with E-state index in [0.717, 1.165) is 52.3 Å². The van der Waals surface area contributed by atoms with Crippen molar-refractivity contribution < 1.29 is 9.47 Å². The molecule has 3 aromatic rings. The second-order valence-electron chi connectivity index (χ2n) is 7.01. The lowest BCUT2D eigenvalue weighted by Crippen LogP contribution is -2.24. The van der Waals surface area contributed by atoms with Crippen LogP contribution < -0.4 is 20.5 Å². The molecule has 3 N–H and O–H groups in total. The Morgan fingerprint density at radius 2 is 1.81 bits per heavy atom. The van der Waals surface area contributed by atoms with Crippen LogP contribution in [0.25, 0.3) is 11.2 Å². The SMILES string of the molecule is CC.CC.Cc1cc2c(cc1Sc1nc3c(N)ncnc3n1CCCNC(C)C)OCO2. The van der Waals surface area contributed by atoms with Gasteiger partial charge in [-0.05, 0) is 37.6 Å². The van der Waals surface area contributed by atoms with Crippen molar-refractivity contribution >= 4 is 28.7 Å². The Balaban J connectivity index is 0.000000860. The number of nitrogens with zero attached hydrogens (tertiary/aromatic N) is 4. The number of aryl methyl sites for hydroxylation is 2. The Bertz CT molecular complexity index is 1010. The van der Waals surface area contributed by atoms with Crippen LogP contribution in [0.3, 0.4) is 0 Å². The number of benzene rings is 1. The van der Waals surface area contributed by atoms with E-state index in [2.05, 4.69) is 40.6 Å². The zero-order valence-corrected chi connectivity index (χ0v) is 21.0. The van der Waals surface area contributed by atoms with Crippen LogP contribution in [0.15, 0.2) is 28.5 Å². The minimum absolute atomic E-state index is 0.260. The van der Waals surface area contributed by atoms with E-state index in [1.165, 1.54) is 6.33 Å². The molecule has 9 heteroatoms. The summed E-state index contributed by atoms with van der Waals surface area (Å²) < 4.78 is 13.1. The van der Waals surface area contributed by atoms with E-state index in [-0.39, 0.29) is 6.79 Å². The molecule has 2 aromatic heterocycles. The molecule has 32 heavy (non-hydrogen) atoms. The van der Waals surface area contributed by atoms with Gasteiger partial charge in [0.2, 0.25) is 6.79 Å². The third-order valence-electron chi connectivity index (χ3n) is 4.51. The van der Waals surface area contributed by atoms with E-state index in [0.29, 0.717) is 17.4 Å². The van der Waals surface area contributed by atoms with Crippen molar-refractivity contribution in [1.82, 2.24) is 24.8 Å². The summed E-state index contributed by atoms with van der Waals surface area (Å²) in [7, 11) is 0. The number of anilines is 1. The summed E-state index contributed by atoms with van der Waals surface area (Å²) in [6.07, 6.45) is 2.45. The van der Waals surface area contributed by atoms with Gasteiger partial charge >= 0.3 is 0 Å². The summed E-state index contributed by atoms with van der Waals surface area (Å²) in [5.74, 6) is 1.94. The largest absolute Gasteiger partial charge is 0.454 e. The number of ether oxygens (including phenoxy) is 2. The first kappa shape index (κ1) is 25.7. The fourth-order valence-corrected chi connectivity index (χ4v) is 4.08. The first-order valence-corrected chi connectivity index (χ1v) is 12.1. The molecule has 0 atom stereocenters. The topological polar surface area (TPSA) is 100 Å². The molecule has 8 nitrogen and oxygen atoms in total. The lowest BCUT2D eigenvalue weighted by Gasteiger charge is -2.11. The van der Waals surface area contributed by atoms with Gasteiger partial charge in [0, 0.05) is 17.5 Å². The normalized spacial score (nSPS) is 11.8. The number of aromatic nitrogens is 4. The number of imidazole rings is 1. The fourth-order valence-electron chi connectivity index (χ4n) is 3.07. The Hall–Kier alpha value is -2.52. The van der Waals surface area contributed by atoms with Gasteiger partial charge in [-0.3, -0.25) is 0 Å². The van der Waals surface area contributed by atoms with Crippen LogP contribution in [-0.2, 0) is 6.54 Å². The van der Waals surface area contributed by atoms with E-state index in [1.54, 1.807) is 11.8 Å². The summed E-state index contributed by atoms with van der Waals surface area (Å²) in [5.41, 5.74) is 8.55. The van der Waals surface area contributed by atoms with Gasteiger partial charge in [0.15, 0.2) is 33.6 Å². The smallest absolute Gasteiger partial charge is 0.231 e. The van der Waals surface area contributed by atoms with Gasteiger partial charge in [-0.1, -0.05) is 53.3 Å². The zero-order valence-electron chi connectivity index (χ0n) is 20.2. The fraction of sp³-hybridized carbons (Fsp3) is 0.522. The molecule has 1 aliphatic heterocycles. The molecule has 0 fully saturated rings. The lowest BCUT2D eigenvalue weighted by atomic mass is 10.2. The van der Waals surface area contributed by atoms with E-state index < -0.39 is 0 Å². The Morgan fingerprint density at radius 3 is 2.50 bits per heavy atom. The molecule has 0 amide bonds. The summed E-state index contributed by atoms with van der Waals surface area (Å²) in [6, 6.07) is 4.46. The number of nitrogens with one attached hydrogen (secondary N) is 1. The maximum atomic E-state index is 6.04. The standard InChI is InChI=1S/C19H24N6O2S.2C2H6/c1-11(2)21-5-4-6-25-18-16(17(20)22-9-23-18)24-19(25)28-15-8-14-13(7-12(15)3)26-10-27-14;2*1-2/h7-9,11,21H,4-6,10H2,1-3H3,(H2,20,22,23);2*1-2H3. The average Bonchev–Trinajstić information content (AvgIpc) is 3.39. The number of hydrogen-bond acceptors (Lipinski definition) is 8. The average molecular weight is 461 g/mol. The highest BCUT2D eigenvalue weighted by Crippen LogP contribution is 2.40. The molecule has 1 aromatic carbocycles. The molecule has 0 unspecified atom stereocenters. The van der Waals surface area contributed by atoms with Crippen LogP contribution in [0.5, 0.6) is 11.5 Å². The first-order chi connectivity index (χ1) is 15.5. The van der Waals surface area contributed by atoms with Crippen LogP contribution >= 0.6 is 11.8 Å². The van der Waals surface area contributed by atoms with Crippen LogP contribution in [0.1, 0.15) is 53.5 Å². The second-order valence-corrected chi connectivity index (χ2v) is 8.02. The Kier molecular flexibility index (Phi) is 10.1. The minimum Gasteiger partial charge on any atom is -0.454 e. The predicted octanol–water partition coefficient (Wildman–Crippen LogP) is 5.04. The number of nitrogen functional groups attached to an aromatic ring is 1. The van der Waals surface area contributed by atoms with Crippen LogP contribution in [0, 0.1) is 6.92 Å². The highest BCUT2D eigenvalue weighted by molar-refractivity contribution is 7.99. The van der Waals surface area contributed by atoms with E-state index in [4.69, 9.17) is 20.2 Å². The van der Waals surface area contributed by atoms with Gasteiger partial charge < -0.3 is 25.1 Å². The van der Waals surface area contributed by atoms with Crippen molar-refractivity contribution in [2.45, 2.75) is 77.5 Å². The molecule has 176 valence electrons. The maximum absolute atomic E-state index is 6.04. The quantitative estimate of drug-likeness (QED) is 0.473. The van der Waals surface area contributed by atoms with Crippen LogP contribution in [0.4, 0.5) is 5.82 Å². The van der Waals surface area contributed by atoms with Crippen molar-refractivity contribution in [2.24, 2.45) is 0 Å². The summed E-state index contributed by atoms with van der Waals surface area (Å²) in [4.78, 5) is 14.3. The van der Waals surface area contributed by atoms with Crippen LogP contribution in [-0.4, -0.2) is 38.9 Å². The number of hydrogen-bond donors (Lipinski definition) is 2. The molecule has 0 saturated carbocycles. The van der Waals surface area contributed by atoms with Crippen molar-refractivity contribution in [2.75, 3.05) is 19.1 Å². The molecular formula is C23H36N6O2S. The molecule has 4 rings (SSSR count). The summed E-state index contributed by atoms with van der Waals surface area (Å²) in [6.45, 7) is 16.3. The Morgan fingerprint density at radius 1 is 1.12 bits per heavy atom. The van der Waals surface area contributed by atoms with Gasteiger partial charge in [0.1, 0.15) is 6.33 Å². The highest BCUT2D eigenvalue weighted by Gasteiger charge is 2.20. The maximum Gasteiger partial charge on any atom is 0.231 e. The van der Waals surface area contributed by atoms with Gasteiger partial charge in [0.25, 0.3) is 0 Å². The van der Waals surface area contributed by atoms with Crippen molar-refractivity contribution in [3.8, 4) is 11.5 Å². The number of rotatable bonds is 7.